The second kappa shape index (κ2) is 5.21. The fraction of sp³-hybridized carbons (Fsp3) is 0.706. The third-order valence-corrected chi connectivity index (χ3v) is 5.49. The van der Waals surface area contributed by atoms with Crippen molar-refractivity contribution in [2.75, 3.05) is 13.1 Å². The highest BCUT2D eigenvalue weighted by Crippen LogP contribution is 2.40. The lowest BCUT2D eigenvalue weighted by molar-refractivity contribution is -0.134. The van der Waals surface area contributed by atoms with Crippen LogP contribution in [0, 0.1) is 11.8 Å². The summed E-state index contributed by atoms with van der Waals surface area (Å²) in [5.41, 5.74) is 0.983. The minimum absolute atomic E-state index is 0.123. The second-order valence-electron chi connectivity index (χ2n) is 7.13. The largest absolute Gasteiger partial charge is 0.342 e. The first-order valence-corrected chi connectivity index (χ1v) is 8.53. The first kappa shape index (κ1) is 14.0. The van der Waals surface area contributed by atoms with E-state index in [9.17, 15) is 9.59 Å². The summed E-state index contributed by atoms with van der Waals surface area (Å²) in [6.07, 6.45) is 5.11. The molecule has 2 aliphatic heterocycles. The zero-order chi connectivity index (χ0) is 15.3. The maximum absolute atomic E-state index is 12.5. The van der Waals surface area contributed by atoms with Crippen molar-refractivity contribution >= 4 is 5.91 Å². The summed E-state index contributed by atoms with van der Waals surface area (Å²) >= 11 is 0. The maximum Gasteiger partial charge on any atom is 0.273 e. The van der Waals surface area contributed by atoms with E-state index in [2.05, 4.69) is 16.5 Å². The van der Waals surface area contributed by atoms with Gasteiger partial charge in [0.1, 0.15) is 5.82 Å². The van der Waals surface area contributed by atoms with E-state index in [1.54, 1.807) is 6.07 Å². The maximum atomic E-state index is 12.5. The lowest BCUT2D eigenvalue weighted by Gasteiger charge is -2.34. The molecule has 0 bridgehead atoms. The van der Waals surface area contributed by atoms with Crippen molar-refractivity contribution in [2.45, 2.75) is 51.5 Å². The Morgan fingerprint density at radius 2 is 2.14 bits per heavy atom. The zero-order valence-corrected chi connectivity index (χ0v) is 13.1. The van der Waals surface area contributed by atoms with Gasteiger partial charge in [0.05, 0.1) is 0 Å². The molecule has 0 unspecified atom stereocenters. The molecule has 1 aromatic heterocycles. The average Bonchev–Trinajstić information content (AvgIpc) is 3.06. The van der Waals surface area contributed by atoms with Gasteiger partial charge in [-0.1, -0.05) is 6.92 Å². The predicted octanol–water partition coefficient (Wildman–Crippen LogP) is 1.55. The number of rotatable bonds is 2. The van der Waals surface area contributed by atoms with Gasteiger partial charge in [-0.2, -0.15) is 4.98 Å². The highest BCUT2D eigenvalue weighted by Gasteiger charge is 2.42. The molecule has 3 aliphatic rings. The number of amides is 1. The number of aromatic nitrogens is 2. The number of nitrogens with zero attached hydrogens (tertiary/aromatic N) is 3. The van der Waals surface area contributed by atoms with Gasteiger partial charge in [0, 0.05) is 49.7 Å². The third-order valence-electron chi connectivity index (χ3n) is 5.49. The minimum Gasteiger partial charge on any atom is -0.342 e. The van der Waals surface area contributed by atoms with Crippen molar-refractivity contribution in [1.29, 1.82) is 0 Å². The summed E-state index contributed by atoms with van der Waals surface area (Å²) in [5.74, 6) is 2.36. The van der Waals surface area contributed by atoms with Crippen LogP contribution >= 0.6 is 0 Å². The van der Waals surface area contributed by atoms with Crippen LogP contribution in [0.4, 0.5) is 0 Å². The third kappa shape index (κ3) is 2.36. The molecule has 2 fully saturated rings. The monoisotopic (exact) mass is 301 g/mol. The van der Waals surface area contributed by atoms with Gasteiger partial charge >= 0.3 is 0 Å². The molecule has 1 amide bonds. The number of fused-ring (bicyclic) bond motifs is 1. The molecule has 3 atom stereocenters. The Labute approximate surface area is 130 Å². The van der Waals surface area contributed by atoms with Crippen molar-refractivity contribution in [3.8, 4) is 0 Å². The van der Waals surface area contributed by atoms with Crippen LogP contribution in [0.1, 0.15) is 50.0 Å². The minimum atomic E-state index is -0.123. The first-order valence-electron chi connectivity index (χ1n) is 8.53. The van der Waals surface area contributed by atoms with Crippen LogP contribution in [0.3, 0.4) is 0 Å². The predicted molar refractivity (Wildman–Crippen MR) is 82.6 cm³/mol. The molecular weight excluding hydrogens is 278 g/mol. The van der Waals surface area contributed by atoms with Gasteiger partial charge in [-0.25, -0.2) is 0 Å². The van der Waals surface area contributed by atoms with E-state index in [4.69, 9.17) is 0 Å². The summed E-state index contributed by atoms with van der Waals surface area (Å²) in [6, 6.07) is 1.70. The topological polar surface area (TPSA) is 55.2 Å². The number of aryl methyl sites for hydroxylation is 1. The molecule has 5 heteroatoms. The lowest BCUT2D eigenvalue weighted by atomic mass is 9.93. The standard InChI is InChI=1S/C17H23N3O2/c1-11-8-13(11)17(22)19-6-2-4-12(10-19)14-9-16(21)18-15-5-3-7-20(14)15/h9,11-13H,2-8,10H2,1H3/t11-,12-,13+/m0/s1. The molecule has 1 saturated carbocycles. The normalized spacial score (nSPS) is 30.2. The van der Waals surface area contributed by atoms with E-state index in [0.29, 0.717) is 17.7 Å². The Hall–Kier alpha value is -1.65. The molecule has 0 spiro atoms. The lowest BCUT2D eigenvalue weighted by Crippen LogP contribution is -2.41. The molecule has 1 aromatic rings. The zero-order valence-electron chi connectivity index (χ0n) is 13.1. The van der Waals surface area contributed by atoms with E-state index in [1.807, 2.05) is 4.90 Å². The molecule has 22 heavy (non-hydrogen) atoms. The molecule has 0 radical (unpaired) electrons. The van der Waals surface area contributed by atoms with E-state index in [1.165, 1.54) is 0 Å². The van der Waals surface area contributed by atoms with Crippen LogP contribution in [0.5, 0.6) is 0 Å². The fourth-order valence-corrected chi connectivity index (χ4v) is 4.08. The van der Waals surface area contributed by atoms with Gasteiger partial charge in [-0.3, -0.25) is 9.59 Å². The van der Waals surface area contributed by atoms with Crippen molar-refractivity contribution in [3.05, 3.63) is 27.9 Å². The van der Waals surface area contributed by atoms with E-state index in [0.717, 1.165) is 63.3 Å². The smallest absolute Gasteiger partial charge is 0.273 e. The van der Waals surface area contributed by atoms with Crippen molar-refractivity contribution in [1.82, 2.24) is 14.5 Å². The SMILES string of the molecule is C[C@H]1C[C@H]1C(=O)N1CCC[C@H](c2cc(=O)nc3n2CCC3)C1. The first-order chi connectivity index (χ1) is 10.6. The van der Waals surface area contributed by atoms with E-state index >= 15 is 0 Å². The number of carbonyl (C=O) groups is 1. The molecule has 4 rings (SSSR count). The summed E-state index contributed by atoms with van der Waals surface area (Å²) < 4.78 is 2.22. The number of hydrogen-bond donors (Lipinski definition) is 0. The van der Waals surface area contributed by atoms with E-state index < -0.39 is 0 Å². The van der Waals surface area contributed by atoms with Crippen molar-refractivity contribution in [3.63, 3.8) is 0 Å². The van der Waals surface area contributed by atoms with Gasteiger partial charge in [-0.15, -0.1) is 0 Å². The van der Waals surface area contributed by atoms with Crippen molar-refractivity contribution in [2.24, 2.45) is 11.8 Å². The van der Waals surface area contributed by atoms with Crippen LogP contribution in [0.25, 0.3) is 0 Å². The molecule has 0 aromatic carbocycles. The highest BCUT2D eigenvalue weighted by molar-refractivity contribution is 5.81. The van der Waals surface area contributed by atoms with Gasteiger partial charge in [-0.05, 0) is 31.6 Å². The molecule has 0 N–H and O–H groups in total. The highest BCUT2D eigenvalue weighted by atomic mass is 16.2. The van der Waals surface area contributed by atoms with Crippen LogP contribution < -0.4 is 5.56 Å². The van der Waals surface area contributed by atoms with E-state index in [-0.39, 0.29) is 11.5 Å². The molecule has 5 nitrogen and oxygen atoms in total. The summed E-state index contributed by atoms with van der Waals surface area (Å²) in [5, 5.41) is 0. The molecule has 118 valence electrons. The Morgan fingerprint density at radius 3 is 2.91 bits per heavy atom. The number of likely N-dealkylation sites (tertiary alicyclic amines) is 1. The molecule has 1 aliphatic carbocycles. The summed E-state index contributed by atoms with van der Waals surface area (Å²) in [7, 11) is 0. The van der Waals surface area contributed by atoms with Gasteiger partial charge < -0.3 is 9.47 Å². The van der Waals surface area contributed by atoms with Gasteiger partial charge in [0.2, 0.25) is 5.91 Å². The van der Waals surface area contributed by atoms with Crippen LogP contribution in [-0.4, -0.2) is 33.4 Å². The molecular formula is C17H23N3O2. The average molecular weight is 301 g/mol. The molecule has 3 heterocycles. The Bertz CT molecular complexity index is 666. The Kier molecular flexibility index (Phi) is 3.31. The Balaban J connectivity index is 1.58. The fourth-order valence-electron chi connectivity index (χ4n) is 4.08. The summed E-state index contributed by atoms with van der Waals surface area (Å²) in [4.78, 5) is 30.5. The van der Waals surface area contributed by atoms with Crippen LogP contribution in [-0.2, 0) is 17.8 Å². The number of piperidine rings is 1. The summed E-state index contributed by atoms with van der Waals surface area (Å²) in [6.45, 7) is 4.76. The quantitative estimate of drug-likeness (QED) is 0.833. The second-order valence-corrected chi connectivity index (χ2v) is 7.13. The number of carbonyl (C=O) groups excluding carboxylic acids is 1. The van der Waals surface area contributed by atoms with Gasteiger partial charge in [0.25, 0.3) is 5.56 Å². The van der Waals surface area contributed by atoms with Gasteiger partial charge in [0.15, 0.2) is 0 Å². The number of hydrogen-bond acceptors (Lipinski definition) is 3. The van der Waals surface area contributed by atoms with Crippen LogP contribution in [0.15, 0.2) is 10.9 Å². The molecule has 1 saturated heterocycles. The van der Waals surface area contributed by atoms with Crippen LogP contribution in [0.2, 0.25) is 0 Å². The Morgan fingerprint density at radius 1 is 1.32 bits per heavy atom. The van der Waals surface area contributed by atoms with Crippen molar-refractivity contribution < 1.29 is 4.79 Å².